The Balaban J connectivity index is 1.41. The monoisotopic (exact) mass is 466 g/mol. The number of ether oxygens (including phenoxy) is 1. The van der Waals surface area contributed by atoms with Crippen LogP contribution in [0, 0.1) is 5.92 Å². The van der Waals surface area contributed by atoms with Gasteiger partial charge in [-0.25, -0.2) is 15.0 Å². The molecular formula is C19H29ClN9O3+. The minimum Gasteiger partial charge on any atom is -0.382 e. The van der Waals surface area contributed by atoms with Gasteiger partial charge >= 0.3 is 0 Å². The maximum absolute atomic E-state index is 12.9. The molecule has 4 aliphatic heterocycles. The van der Waals surface area contributed by atoms with Crippen molar-refractivity contribution in [3.8, 4) is 0 Å². The molecule has 5 heterocycles. The van der Waals surface area contributed by atoms with Gasteiger partial charge in [0.05, 0.1) is 26.3 Å². The summed E-state index contributed by atoms with van der Waals surface area (Å²) in [5.41, 5.74) is 17.1. The van der Waals surface area contributed by atoms with Gasteiger partial charge in [-0.1, -0.05) is 11.6 Å². The van der Waals surface area contributed by atoms with Crippen LogP contribution in [0.2, 0.25) is 5.15 Å². The summed E-state index contributed by atoms with van der Waals surface area (Å²) in [6.07, 6.45) is 1.94. The van der Waals surface area contributed by atoms with Crippen LogP contribution in [-0.2, 0) is 9.53 Å². The topological polar surface area (TPSA) is 175 Å². The number of halogens is 1. The zero-order chi connectivity index (χ0) is 22.9. The van der Waals surface area contributed by atoms with Crippen LogP contribution < -0.4 is 22.5 Å². The minimum atomic E-state index is -0.661. The van der Waals surface area contributed by atoms with E-state index in [1.54, 1.807) is 0 Å². The van der Waals surface area contributed by atoms with Crippen molar-refractivity contribution in [3.05, 3.63) is 10.8 Å². The van der Waals surface area contributed by atoms with Gasteiger partial charge in [-0.05, 0) is 5.92 Å². The van der Waals surface area contributed by atoms with E-state index in [9.17, 15) is 9.59 Å². The molecule has 2 bridgehead atoms. The number of fused-ring (bicyclic) bond motifs is 3. The molecular weight excluding hydrogens is 438 g/mol. The van der Waals surface area contributed by atoms with Crippen molar-refractivity contribution in [1.29, 1.82) is 0 Å². The number of carbonyl (C=O) groups is 2. The van der Waals surface area contributed by atoms with Gasteiger partial charge in [0.1, 0.15) is 12.6 Å². The van der Waals surface area contributed by atoms with E-state index in [0.29, 0.717) is 49.8 Å². The fourth-order valence-electron chi connectivity index (χ4n) is 4.81. The predicted molar refractivity (Wildman–Crippen MR) is 119 cm³/mol. The molecule has 0 radical (unpaired) electrons. The lowest BCUT2D eigenvalue weighted by atomic mass is 9.82. The van der Waals surface area contributed by atoms with Crippen molar-refractivity contribution in [2.75, 3.05) is 63.9 Å². The van der Waals surface area contributed by atoms with E-state index < -0.39 is 5.91 Å². The number of hydrogen-bond donors (Lipinski definition) is 4. The van der Waals surface area contributed by atoms with Gasteiger partial charge < -0.3 is 31.3 Å². The Kier molecular flexibility index (Phi) is 6.35. The smallest absolute Gasteiger partial charge is 0.280 e. The standard InChI is InChI=1S/C19H28ClN9O3/c20-15-17(22)26-16(21)14(25-15)18(31)27-19(23)24-12-9-29(5-1-11(12)2-6-29)10-13(30)28-3-7-32-8-4-28/h11-12H,1-10H2,(H6-,21,22,23,24,26,27,31)/p+1/t11?,12-,29?/m1/s1. The van der Waals surface area contributed by atoms with Gasteiger partial charge in [0.25, 0.3) is 11.8 Å². The number of nitrogens with two attached hydrogens (primary N) is 3. The number of nitrogens with one attached hydrogen (secondary N) is 1. The number of aromatic nitrogens is 2. The molecule has 4 saturated heterocycles. The number of piperidine rings is 3. The fraction of sp³-hybridized carbons (Fsp3) is 0.632. The number of quaternary nitrogens is 1. The lowest BCUT2D eigenvalue weighted by Gasteiger charge is -2.51. The Labute approximate surface area is 190 Å². The number of aliphatic imine (C=N–C) groups is 1. The quantitative estimate of drug-likeness (QED) is 0.243. The highest BCUT2D eigenvalue weighted by Gasteiger charge is 2.47. The summed E-state index contributed by atoms with van der Waals surface area (Å²) in [6, 6.07) is -0.0753. The van der Waals surface area contributed by atoms with Crippen molar-refractivity contribution in [1.82, 2.24) is 20.2 Å². The van der Waals surface area contributed by atoms with Crippen LogP contribution >= 0.6 is 11.6 Å². The number of nitrogen functional groups attached to an aromatic ring is 2. The maximum atomic E-state index is 12.9. The van der Waals surface area contributed by atoms with Gasteiger partial charge in [-0.15, -0.1) is 0 Å². The molecule has 5 rings (SSSR count). The van der Waals surface area contributed by atoms with Crippen molar-refractivity contribution in [2.24, 2.45) is 16.6 Å². The van der Waals surface area contributed by atoms with Crippen LogP contribution in [0.1, 0.15) is 23.3 Å². The number of amides is 2. The second-order valence-corrected chi connectivity index (χ2v) is 8.99. The molecule has 174 valence electrons. The van der Waals surface area contributed by atoms with Crippen LogP contribution in [0.3, 0.4) is 0 Å². The van der Waals surface area contributed by atoms with Crippen LogP contribution in [0.25, 0.3) is 0 Å². The third-order valence-corrected chi connectivity index (χ3v) is 6.85. The molecule has 0 saturated carbocycles. The highest BCUT2D eigenvalue weighted by atomic mass is 35.5. The Hall–Kier alpha value is -2.70. The maximum Gasteiger partial charge on any atom is 0.280 e. The Morgan fingerprint density at radius 2 is 1.88 bits per heavy atom. The molecule has 1 aromatic rings. The summed E-state index contributed by atoms with van der Waals surface area (Å²) in [7, 11) is 0. The summed E-state index contributed by atoms with van der Waals surface area (Å²) in [4.78, 5) is 39.5. The summed E-state index contributed by atoms with van der Waals surface area (Å²) in [5.74, 6) is -0.362. The molecule has 0 unspecified atom stereocenters. The lowest BCUT2D eigenvalue weighted by Crippen LogP contribution is -2.66. The minimum absolute atomic E-state index is 0.0273. The molecule has 1 atom stereocenters. The fourth-order valence-corrected chi connectivity index (χ4v) is 4.94. The van der Waals surface area contributed by atoms with Gasteiger partial charge in [0, 0.05) is 25.9 Å². The third kappa shape index (κ3) is 4.71. The van der Waals surface area contributed by atoms with E-state index in [1.807, 2.05) is 4.90 Å². The Morgan fingerprint density at radius 1 is 1.19 bits per heavy atom. The van der Waals surface area contributed by atoms with E-state index in [-0.39, 0.29) is 40.4 Å². The van der Waals surface area contributed by atoms with Crippen molar-refractivity contribution >= 4 is 41.0 Å². The van der Waals surface area contributed by atoms with Gasteiger partial charge in [-0.3, -0.25) is 14.9 Å². The summed E-state index contributed by atoms with van der Waals surface area (Å²) in [5, 5.41) is 2.39. The molecule has 1 aromatic heterocycles. The average molecular weight is 467 g/mol. The van der Waals surface area contributed by atoms with E-state index in [1.165, 1.54) is 0 Å². The van der Waals surface area contributed by atoms with E-state index >= 15 is 0 Å². The van der Waals surface area contributed by atoms with Gasteiger partial charge in [-0.2, -0.15) is 0 Å². The largest absolute Gasteiger partial charge is 0.382 e. The number of nitrogens with zero attached hydrogens (tertiary/aromatic N) is 5. The van der Waals surface area contributed by atoms with Crippen molar-refractivity contribution in [3.63, 3.8) is 0 Å². The zero-order valence-electron chi connectivity index (χ0n) is 17.8. The average Bonchev–Trinajstić information content (AvgIpc) is 2.77. The summed E-state index contributed by atoms with van der Waals surface area (Å²) >= 11 is 5.84. The van der Waals surface area contributed by atoms with Crippen LogP contribution in [0.15, 0.2) is 4.99 Å². The SMILES string of the molecule is NC(=N[C@@H]1C[N+]2(CC(=O)N3CCOCC3)CCC1CC2)NC(=O)c1nc(Cl)c(N)nc1N. The molecule has 4 aliphatic rings. The molecule has 4 fully saturated rings. The summed E-state index contributed by atoms with van der Waals surface area (Å²) < 4.78 is 6.05. The molecule has 12 nitrogen and oxygen atoms in total. The molecule has 13 heteroatoms. The second-order valence-electron chi connectivity index (χ2n) is 8.63. The molecule has 0 spiro atoms. The number of hydrogen-bond acceptors (Lipinski definition) is 8. The van der Waals surface area contributed by atoms with Crippen LogP contribution in [0.5, 0.6) is 0 Å². The molecule has 2 amide bonds. The number of anilines is 2. The second kappa shape index (κ2) is 9.04. The first kappa shape index (κ1) is 22.5. The lowest BCUT2D eigenvalue weighted by molar-refractivity contribution is -0.936. The van der Waals surface area contributed by atoms with Gasteiger partial charge in [0.2, 0.25) is 0 Å². The number of guanidine groups is 1. The third-order valence-electron chi connectivity index (χ3n) is 6.57. The van der Waals surface area contributed by atoms with Crippen LogP contribution in [-0.4, -0.2) is 95.6 Å². The van der Waals surface area contributed by atoms with E-state index in [4.69, 9.17) is 33.5 Å². The summed E-state index contributed by atoms with van der Waals surface area (Å²) in [6.45, 7) is 5.54. The predicted octanol–water partition coefficient (Wildman–Crippen LogP) is -1.19. The first-order valence-corrected chi connectivity index (χ1v) is 11.1. The van der Waals surface area contributed by atoms with Crippen molar-refractivity contribution in [2.45, 2.75) is 18.9 Å². The zero-order valence-corrected chi connectivity index (χ0v) is 18.6. The van der Waals surface area contributed by atoms with E-state index in [2.05, 4.69) is 20.3 Å². The Bertz CT molecular complexity index is 927. The first-order valence-electron chi connectivity index (χ1n) is 10.7. The molecule has 7 N–H and O–H groups in total. The number of carbonyl (C=O) groups excluding carboxylic acids is 2. The number of morpholine rings is 1. The van der Waals surface area contributed by atoms with E-state index in [0.717, 1.165) is 25.9 Å². The first-order chi connectivity index (χ1) is 15.3. The normalized spacial score (nSPS) is 27.9. The highest BCUT2D eigenvalue weighted by molar-refractivity contribution is 6.31. The highest BCUT2D eigenvalue weighted by Crippen LogP contribution is 2.35. The van der Waals surface area contributed by atoms with Crippen molar-refractivity contribution < 1.29 is 18.8 Å². The molecule has 0 aromatic carbocycles. The van der Waals surface area contributed by atoms with Crippen LogP contribution in [0.4, 0.5) is 11.6 Å². The molecule has 0 aliphatic carbocycles. The Morgan fingerprint density at radius 3 is 2.56 bits per heavy atom. The molecule has 32 heavy (non-hydrogen) atoms. The van der Waals surface area contributed by atoms with Gasteiger partial charge in [0.15, 0.2) is 35.0 Å². The number of rotatable bonds is 4.